The highest BCUT2D eigenvalue weighted by Crippen LogP contribution is 2.41. The van der Waals surface area contributed by atoms with Crippen LogP contribution in [-0.4, -0.2) is 46.0 Å². The van der Waals surface area contributed by atoms with Gasteiger partial charge in [0.05, 0.1) is 26.3 Å². The van der Waals surface area contributed by atoms with Gasteiger partial charge in [0.1, 0.15) is 5.82 Å². The van der Waals surface area contributed by atoms with Gasteiger partial charge >= 0.3 is 0 Å². The van der Waals surface area contributed by atoms with Crippen LogP contribution in [0.3, 0.4) is 0 Å². The summed E-state index contributed by atoms with van der Waals surface area (Å²) < 4.78 is 13.8. The minimum absolute atomic E-state index is 0.103. The third-order valence-electron chi connectivity index (χ3n) is 5.70. The number of piperidine rings is 1. The summed E-state index contributed by atoms with van der Waals surface area (Å²) in [6, 6.07) is 7.18. The van der Waals surface area contributed by atoms with Gasteiger partial charge in [-0.3, -0.25) is 0 Å². The Hall–Kier alpha value is -2.09. The molecule has 156 valence electrons. The van der Waals surface area contributed by atoms with Gasteiger partial charge < -0.3 is 10.2 Å². The smallest absolute Gasteiger partial charge is 0.223 e. The number of anilines is 1. The lowest BCUT2D eigenvalue weighted by Crippen LogP contribution is -2.29. The Morgan fingerprint density at radius 2 is 1.93 bits per heavy atom. The molecule has 1 aromatic carbocycles. The van der Waals surface area contributed by atoms with Gasteiger partial charge in [-0.05, 0) is 70.1 Å². The minimum atomic E-state index is -0.425. The summed E-state index contributed by atoms with van der Waals surface area (Å²) in [4.78, 5) is 17.5. The molecular formula is C22H23ClFN5S. The van der Waals surface area contributed by atoms with E-state index in [0.717, 1.165) is 65.6 Å². The van der Waals surface area contributed by atoms with Crippen LogP contribution in [0.15, 0.2) is 30.5 Å². The van der Waals surface area contributed by atoms with Gasteiger partial charge in [-0.2, -0.15) is 0 Å². The number of nitrogens with one attached hydrogen (secondary N) is 1. The normalized spacial score (nSPS) is 18.0. The van der Waals surface area contributed by atoms with Crippen molar-refractivity contribution >= 4 is 28.9 Å². The molecule has 2 aliphatic rings. The molecule has 8 heteroatoms. The molecule has 2 fully saturated rings. The van der Waals surface area contributed by atoms with E-state index in [4.69, 9.17) is 21.6 Å². The minimum Gasteiger partial charge on any atom is -0.351 e. The molecule has 3 heterocycles. The highest BCUT2D eigenvalue weighted by atomic mass is 35.5. The van der Waals surface area contributed by atoms with E-state index in [1.54, 1.807) is 29.7 Å². The molecule has 5 rings (SSSR count). The first-order chi connectivity index (χ1) is 14.6. The molecule has 1 aliphatic heterocycles. The van der Waals surface area contributed by atoms with Crippen molar-refractivity contribution in [3.8, 4) is 21.8 Å². The molecule has 0 spiro atoms. The highest BCUT2D eigenvalue weighted by molar-refractivity contribution is 7.15. The molecule has 0 atom stereocenters. The van der Waals surface area contributed by atoms with E-state index in [1.165, 1.54) is 6.07 Å². The quantitative estimate of drug-likeness (QED) is 0.568. The number of likely N-dealkylation sites (tertiary alicyclic amines) is 1. The molecule has 2 aromatic heterocycles. The predicted molar refractivity (Wildman–Crippen MR) is 120 cm³/mol. The van der Waals surface area contributed by atoms with Gasteiger partial charge in [0.2, 0.25) is 5.95 Å². The SMILES string of the molecule is CN1CCC(c2nc(-c3ccc(F)c(Cl)c3)c(-c3ccnc(NC4CC4)n3)s2)CC1. The van der Waals surface area contributed by atoms with Crippen LogP contribution in [0.5, 0.6) is 0 Å². The fourth-order valence-corrected chi connectivity index (χ4v) is 5.15. The van der Waals surface area contributed by atoms with Crippen molar-refractivity contribution in [3.63, 3.8) is 0 Å². The van der Waals surface area contributed by atoms with Crippen LogP contribution in [0, 0.1) is 5.82 Å². The molecular weight excluding hydrogens is 421 g/mol. The number of benzene rings is 1. The van der Waals surface area contributed by atoms with E-state index in [-0.39, 0.29) is 5.02 Å². The number of nitrogens with zero attached hydrogens (tertiary/aromatic N) is 4. The second-order valence-corrected chi connectivity index (χ2v) is 9.56. The Balaban J connectivity index is 1.56. The molecule has 5 nitrogen and oxygen atoms in total. The molecule has 0 amide bonds. The van der Waals surface area contributed by atoms with E-state index in [9.17, 15) is 4.39 Å². The van der Waals surface area contributed by atoms with E-state index in [0.29, 0.717) is 17.9 Å². The number of aromatic nitrogens is 3. The maximum absolute atomic E-state index is 13.8. The maximum atomic E-state index is 13.8. The molecule has 0 radical (unpaired) electrons. The van der Waals surface area contributed by atoms with Gasteiger partial charge in [-0.15, -0.1) is 11.3 Å². The van der Waals surface area contributed by atoms with E-state index >= 15 is 0 Å². The zero-order valence-corrected chi connectivity index (χ0v) is 18.3. The summed E-state index contributed by atoms with van der Waals surface area (Å²) in [5.41, 5.74) is 2.45. The van der Waals surface area contributed by atoms with Gasteiger partial charge in [-0.1, -0.05) is 11.6 Å². The Bertz CT molecular complexity index is 1060. The number of hydrogen-bond acceptors (Lipinski definition) is 6. The van der Waals surface area contributed by atoms with Crippen LogP contribution < -0.4 is 5.32 Å². The van der Waals surface area contributed by atoms with Crippen molar-refractivity contribution in [2.45, 2.75) is 37.6 Å². The molecule has 1 saturated carbocycles. The van der Waals surface area contributed by atoms with E-state index in [2.05, 4.69) is 22.2 Å². The van der Waals surface area contributed by atoms with Gasteiger partial charge in [0.25, 0.3) is 0 Å². The predicted octanol–water partition coefficient (Wildman–Crippen LogP) is 5.44. The summed E-state index contributed by atoms with van der Waals surface area (Å²) in [5.74, 6) is 0.651. The van der Waals surface area contributed by atoms with Crippen LogP contribution in [0.25, 0.3) is 21.8 Å². The topological polar surface area (TPSA) is 53.9 Å². The molecule has 3 aromatic rings. The zero-order valence-electron chi connectivity index (χ0n) is 16.7. The monoisotopic (exact) mass is 443 g/mol. The summed E-state index contributed by atoms with van der Waals surface area (Å²) >= 11 is 7.77. The summed E-state index contributed by atoms with van der Waals surface area (Å²) in [6.07, 6.45) is 6.28. The Labute approximate surface area is 184 Å². The second-order valence-electron chi connectivity index (χ2n) is 8.12. The van der Waals surface area contributed by atoms with Crippen molar-refractivity contribution in [2.75, 3.05) is 25.5 Å². The lowest BCUT2D eigenvalue weighted by molar-refractivity contribution is 0.255. The van der Waals surface area contributed by atoms with Crippen LogP contribution >= 0.6 is 22.9 Å². The number of rotatable bonds is 5. The van der Waals surface area contributed by atoms with Crippen molar-refractivity contribution in [1.82, 2.24) is 19.9 Å². The molecule has 1 aliphatic carbocycles. The Morgan fingerprint density at radius 3 is 2.67 bits per heavy atom. The third-order valence-corrected chi connectivity index (χ3v) is 7.23. The van der Waals surface area contributed by atoms with Crippen LogP contribution in [0.2, 0.25) is 5.02 Å². The number of thiazole rings is 1. The summed E-state index contributed by atoms with van der Waals surface area (Å²) in [7, 11) is 2.16. The van der Waals surface area contributed by atoms with Crippen molar-refractivity contribution in [3.05, 3.63) is 46.3 Å². The first-order valence-electron chi connectivity index (χ1n) is 10.3. The van der Waals surface area contributed by atoms with Crippen LogP contribution in [0.1, 0.15) is 36.6 Å². The molecule has 0 unspecified atom stereocenters. The lowest BCUT2D eigenvalue weighted by atomic mass is 9.98. The fraction of sp³-hybridized carbons (Fsp3) is 0.409. The summed E-state index contributed by atoms with van der Waals surface area (Å²) in [6.45, 7) is 2.14. The first-order valence-corrected chi connectivity index (χ1v) is 11.5. The van der Waals surface area contributed by atoms with Crippen LogP contribution in [-0.2, 0) is 0 Å². The van der Waals surface area contributed by atoms with Crippen molar-refractivity contribution in [1.29, 1.82) is 0 Å². The molecule has 30 heavy (non-hydrogen) atoms. The standard InChI is InChI=1S/C22H23ClFN5S/c1-29-10-7-13(8-11-29)21-28-19(14-2-5-17(24)16(23)12-14)20(30-21)18-6-9-25-22(27-18)26-15-3-4-15/h2,5-6,9,12-13,15H,3-4,7-8,10-11H2,1H3,(H,25,26,27). The largest absolute Gasteiger partial charge is 0.351 e. The number of halogens is 2. The number of hydrogen-bond donors (Lipinski definition) is 1. The van der Waals surface area contributed by atoms with Crippen molar-refractivity contribution < 1.29 is 4.39 Å². The average Bonchev–Trinajstić information content (AvgIpc) is 3.45. The molecule has 1 N–H and O–H groups in total. The summed E-state index contributed by atoms with van der Waals surface area (Å²) in [5, 5.41) is 4.58. The maximum Gasteiger partial charge on any atom is 0.223 e. The first kappa shape index (κ1) is 19.8. The average molecular weight is 444 g/mol. The van der Waals surface area contributed by atoms with Gasteiger partial charge in [0, 0.05) is 23.7 Å². The Morgan fingerprint density at radius 1 is 1.13 bits per heavy atom. The van der Waals surface area contributed by atoms with E-state index < -0.39 is 5.82 Å². The lowest BCUT2D eigenvalue weighted by Gasteiger charge is -2.27. The Kier molecular flexibility index (Phi) is 5.43. The fourth-order valence-electron chi connectivity index (χ4n) is 3.74. The molecule has 1 saturated heterocycles. The third kappa shape index (κ3) is 4.19. The van der Waals surface area contributed by atoms with Gasteiger partial charge in [0.15, 0.2) is 0 Å². The second kappa shape index (κ2) is 8.21. The van der Waals surface area contributed by atoms with E-state index in [1.807, 2.05) is 6.07 Å². The van der Waals surface area contributed by atoms with Gasteiger partial charge in [-0.25, -0.2) is 19.3 Å². The highest BCUT2D eigenvalue weighted by Gasteiger charge is 2.26. The van der Waals surface area contributed by atoms with Crippen LogP contribution in [0.4, 0.5) is 10.3 Å². The van der Waals surface area contributed by atoms with Crippen molar-refractivity contribution in [2.24, 2.45) is 0 Å². The molecule has 0 bridgehead atoms. The zero-order chi connectivity index (χ0) is 20.7.